The van der Waals surface area contributed by atoms with Gasteiger partial charge in [0.05, 0.1) is 0 Å². The van der Waals surface area contributed by atoms with E-state index in [2.05, 4.69) is 19.9 Å². The second-order valence-corrected chi connectivity index (χ2v) is 6.10. The monoisotopic (exact) mass is 328 g/mol. The molecule has 0 atom stereocenters. The van der Waals surface area contributed by atoms with Crippen LogP contribution in [0.3, 0.4) is 0 Å². The van der Waals surface area contributed by atoms with E-state index in [1.807, 2.05) is 13.8 Å². The maximum Gasteiger partial charge on any atom is 0.230 e. The highest BCUT2D eigenvalue weighted by Gasteiger charge is 2.11. The van der Waals surface area contributed by atoms with Gasteiger partial charge in [0.25, 0.3) is 0 Å². The molecule has 1 rings (SSSR count). The number of thioether (sulfide) groups is 2. The second-order valence-electron chi connectivity index (χ2n) is 3.98. The van der Waals surface area contributed by atoms with Crippen LogP contribution in [0.5, 0.6) is 0 Å². The Bertz CT molecular complexity index is 424. The fourth-order valence-electron chi connectivity index (χ4n) is 1.50. The second kappa shape index (κ2) is 10.6. The van der Waals surface area contributed by atoms with Gasteiger partial charge < -0.3 is 14.5 Å². The van der Waals surface area contributed by atoms with Crippen molar-refractivity contribution in [2.24, 2.45) is 0 Å². The van der Waals surface area contributed by atoms with Crippen molar-refractivity contribution >= 4 is 42.0 Å². The van der Waals surface area contributed by atoms with Gasteiger partial charge in [-0.15, -0.1) is 0 Å². The zero-order chi connectivity index (χ0) is 15.5. The molecule has 0 saturated heterocycles. The van der Waals surface area contributed by atoms with Crippen LogP contribution in [0.2, 0.25) is 0 Å². The average molecular weight is 328 g/mol. The lowest BCUT2D eigenvalue weighted by Gasteiger charge is -2.19. The molecule has 0 aliphatic rings. The quantitative estimate of drug-likeness (QED) is 0.347. The summed E-state index contributed by atoms with van der Waals surface area (Å²) in [5, 5.41) is 1.25. The van der Waals surface area contributed by atoms with Gasteiger partial charge in [0.15, 0.2) is 10.3 Å². The number of hydrogen-bond acceptors (Lipinski definition) is 8. The number of carbonyl (C=O) groups is 2. The normalized spacial score (nSPS) is 10.4. The standard InChI is InChI=1S/C13H20N4O2S2/c1-3-17(4-2)11-14-12(20-9-5-7-18)16-13(15-11)21-10-6-8-19/h7-8H,3-6,9-10H2,1-2H3. The van der Waals surface area contributed by atoms with E-state index in [1.165, 1.54) is 23.5 Å². The molecule has 0 spiro atoms. The van der Waals surface area contributed by atoms with Gasteiger partial charge in [0.2, 0.25) is 5.95 Å². The third-order valence-electron chi connectivity index (χ3n) is 2.56. The lowest BCUT2D eigenvalue weighted by molar-refractivity contribution is -0.108. The fraction of sp³-hybridized carbons (Fsp3) is 0.615. The van der Waals surface area contributed by atoms with E-state index in [0.29, 0.717) is 40.6 Å². The summed E-state index contributed by atoms with van der Waals surface area (Å²) in [6.07, 6.45) is 2.73. The lowest BCUT2D eigenvalue weighted by Crippen LogP contribution is -2.24. The van der Waals surface area contributed by atoms with Gasteiger partial charge in [-0.25, -0.2) is 0 Å². The van der Waals surface area contributed by atoms with E-state index >= 15 is 0 Å². The van der Waals surface area contributed by atoms with Gasteiger partial charge in [-0.3, -0.25) is 0 Å². The number of hydrogen-bond donors (Lipinski definition) is 0. The third kappa shape index (κ3) is 6.43. The Hall–Kier alpha value is -1.15. The van der Waals surface area contributed by atoms with Crippen LogP contribution in [-0.2, 0) is 9.59 Å². The summed E-state index contributed by atoms with van der Waals surface area (Å²) in [7, 11) is 0. The first-order valence-corrected chi connectivity index (χ1v) is 8.86. The van der Waals surface area contributed by atoms with Crippen LogP contribution >= 0.6 is 23.5 Å². The summed E-state index contributed by atoms with van der Waals surface area (Å²) >= 11 is 2.90. The summed E-state index contributed by atoms with van der Waals surface area (Å²) in [5.74, 6) is 1.96. The molecule has 21 heavy (non-hydrogen) atoms. The Kier molecular flexibility index (Phi) is 9.00. The van der Waals surface area contributed by atoms with Crippen molar-refractivity contribution < 1.29 is 9.59 Å². The zero-order valence-corrected chi connectivity index (χ0v) is 14.0. The molecule has 1 heterocycles. The summed E-state index contributed by atoms with van der Waals surface area (Å²) in [6.45, 7) is 5.73. The SMILES string of the molecule is CCN(CC)c1nc(SCCC=O)nc(SCCC=O)n1. The highest BCUT2D eigenvalue weighted by atomic mass is 32.2. The van der Waals surface area contributed by atoms with Crippen molar-refractivity contribution in [3.05, 3.63) is 0 Å². The molecule has 0 aromatic carbocycles. The molecule has 6 nitrogen and oxygen atoms in total. The first-order chi connectivity index (χ1) is 10.2. The molecular formula is C13H20N4O2S2. The number of nitrogens with zero attached hydrogens (tertiary/aromatic N) is 4. The minimum atomic E-state index is 0.477. The molecule has 0 radical (unpaired) electrons. The number of carbonyl (C=O) groups excluding carboxylic acids is 2. The van der Waals surface area contributed by atoms with Crippen molar-refractivity contribution in [3.63, 3.8) is 0 Å². The molecule has 0 aliphatic carbocycles. The summed E-state index contributed by atoms with van der Waals surface area (Å²) < 4.78 is 0. The molecule has 0 fully saturated rings. The fourth-order valence-corrected chi connectivity index (χ4v) is 2.95. The van der Waals surface area contributed by atoms with E-state index in [0.717, 1.165) is 25.7 Å². The van der Waals surface area contributed by atoms with Crippen molar-refractivity contribution in [3.8, 4) is 0 Å². The van der Waals surface area contributed by atoms with Crippen LogP contribution in [0.1, 0.15) is 26.7 Å². The Labute approximate surface area is 133 Å². The summed E-state index contributed by atoms with van der Waals surface area (Å²) in [6, 6.07) is 0. The minimum Gasteiger partial charge on any atom is -0.341 e. The third-order valence-corrected chi connectivity index (χ3v) is 4.32. The molecule has 0 bridgehead atoms. The minimum absolute atomic E-state index is 0.477. The van der Waals surface area contributed by atoms with Gasteiger partial charge in [0, 0.05) is 37.4 Å². The Morgan fingerprint density at radius 2 is 1.38 bits per heavy atom. The highest BCUT2D eigenvalue weighted by molar-refractivity contribution is 7.99. The molecule has 8 heteroatoms. The smallest absolute Gasteiger partial charge is 0.230 e. The predicted molar refractivity (Wildman–Crippen MR) is 86.2 cm³/mol. The molecule has 0 N–H and O–H groups in total. The number of aromatic nitrogens is 3. The number of rotatable bonds is 11. The van der Waals surface area contributed by atoms with E-state index in [-0.39, 0.29) is 0 Å². The average Bonchev–Trinajstić information content (AvgIpc) is 2.49. The van der Waals surface area contributed by atoms with Crippen LogP contribution in [-0.4, -0.2) is 52.1 Å². The summed E-state index contributed by atoms with van der Waals surface area (Å²) in [5.41, 5.74) is 0. The van der Waals surface area contributed by atoms with Crippen molar-refractivity contribution in [1.82, 2.24) is 15.0 Å². The van der Waals surface area contributed by atoms with Crippen LogP contribution in [0, 0.1) is 0 Å². The van der Waals surface area contributed by atoms with Crippen LogP contribution in [0.25, 0.3) is 0 Å². The Morgan fingerprint density at radius 1 is 0.905 bits per heavy atom. The van der Waals surface area contributed by atoms with E-state index in [1.54, 1.807) is 0 Å². The maximum atomic E-state index is 10.4. The molecule has 1 aromatic rings. The van der Waals surface area contributed by atoms with Crippen LogP contribution < -0.4 is 4.90 Å². The lowest BCUT2D eigenvalue weighted by atomic mass is 10.5. The Morgan fingerprint density at radius 3 is 1.76 bits per heavy atom. The van der Waals surface area contributed by atoms with Crippen LogP contribution in [0.15, 0.2) is 10.3 Å². The maximum absolute atomic E-state index is 10.4. The first kappa shape index (κ1) is 17.9. The predicted octanol–water partition coefficient (Wildman–Crippen LogP) is 2.08. The van der Waals surface area contributed by atoms with Gasteiger partial charge in [-0.1, -0.05) is 23.5 Å². The molecular weight excluding hydrogens is 308 g/mol. The highest BCUT2D eigenvalue weighted by Crippen LogP contribution is 2.22. The molecule has 0 saturated carbocycles. The van der Waals surface area contributed by atoms with E-state index < -0.39 is 0 Å². The van der Waals surface area contributed by atoms with Crippen molar-refractivity contribution in [2.75, 3.05) is 29.5 Å². The molecule has 0 unspecified atom stereocenters. The van der Waals surface area contributed by atoms with Crippen LogP contribution in [0.4, 0.5) is 5.95 Å². The molecule has 0 amide bonds. The molecule has 116 valence electrons. The summed E-state index contributed by atoms with van der Waals surface area (Å²) in [4.78, 5) is 36.1. The number of aldehydes is 2. The number of anilines is 1. The van der Waals surface area contributed by atoms with Gasteiger partial charge >= 0.3 is 0 Å². The van der Waals surface area contributed by atoms with E-state index in [9.17, 15) is 9.59 Å². The van der Waals surface area contributed by atoms with Crippen molar-refractivity contribution in [2.45, 2.75) is 37.0 Å². The first-order valence-electron chi connectivity index (χ1n) is 6.89. The van der Waals surface area contributed by atoms with Gasteiger partial charge in [-0.2, -0.15) is 15.0 Å². The zero-order valence-electron chi connectivity index (χ0n) is 12.3. The van der Waals surface area contributed by atoms with Crippen molar-refractivity contribution in [1.29, 1.82) is 0 Å². The topological polar surface area (TPSA) is 76.1 Å². The molecule has 1 aromatic heterocycles. The molecule has 0 aliphatic heterocycles. The van der Waals surface area contributed by atoms with E-state index in [4.69, 9.17) is 0 Å². The van der Waals surface area contributed by atoms with Gasteiger partial charge in [0.1, 0.15) is 12.6 Å². The Balaban J connectivity index is 2.89. The largest absolute Gasteiger partial charge is 0.341 e. The van der Waals surface area contributed by atoms with Gasteiger partial charge in [-0.05, 0) is 13.8 Å².